The lowest BCUT2D eigenvalue weighted by Gasteiger charge is -2.17. The molecule has 1 unspecified atom stereocenters. The Bertz CT molecular complexity index is 614. The molecule has 1 fully saturated rings. The van der Waals surface area contributed by atoms with E-state index in [2.05, 4.69) is 5.32 Å². The first kappa shape index (κ1) is 18.8. The van der Waals surface area contributed by atoms with Gasteiger partial charge in [-0.05, 0) is 31.2 Å². The molecule has 2 rings (SSSR count). The summed E-state index contributed by atoms with van der Waals surface area (Å²) in [5.74, 6) is 0.251. The summed E-state index contributed by atoms with van der Waals surface area (Å²) in [6.45, 7) is 3.01. The lowest BCUT2D eigenvalue weighted by molar-refractivity contribution is -0.144. The van der Waals surface area contributed by atoms with E-state index in [0.717, 1.165) is 11.4 Å². The fourth-order valence-electron chi connectivity index (χ4n) is 2.73. The number of methoxy groups -OCH3 is 1. The molecule has 1 heterocycles. The zero-order valence-corrected chi connectivity index (χ0v) is 14.6. The van der Waals surface area contributed by atoms with Crippen molar-refractivity contribution in [2.45, 2.75) is 26.2 Å². The zero-order valence-electron chi connectivity index (χ0n) is 14.6. The summed E-state index contributed by atoms with van der Waals surface area (Å²) in [5.41, 5.74) is 0.821. The molecule has 0 bridgehead atoms. The summed E-state index contributed by atoms with van der Waals surface area (Å²) in [6, 6.07) is 7.31. The maximum Gasteiger partial charge on any atom is 0.306 e. The third-order valence-corrected chi connectivity index (χ3v) is 4.04. The number of hydrogen-bond donors (Lipinski definition) is 1. The summed E-state index contributed by atoms with van der Waals surface area (Å²) < 4.78 is 9.90. The van der Waals surface area contributed by atoms with Gasteiger partial charge in [-0.2, -0.15) is 0 Å². The average Bonchev–Trinajstić information content (AvgIpc) is 2.99. The van der Waals surface area contributed by atoms with Crippen molar-refractivity contribution in [1.29, 1.82) is 0 Å². The zero-order chi connectivity index (χ0) is 18.2. The second-order valence-corrected chi connectivity index (χ2v) is 5.88. The normalized spacial score (nSPS) is 16.6. The van der Waals surface area contributed by atoms with Gasteiger partial charge in [0.1, 0.15) is 5.75 Å². The molecule has 1 aliphatic heterocycles. The van der Waals surface area contributed by atoms with E-state index in [0.29, 0.717) is 26.1 Å². The first-order chi connectivity index (χ1) is 12.0. The summed E-state index contributed by atoms with van der Waals surface area (Å²) in [5, 5.41) is 2.79. The fourth-order valence-corrected chi connectivity index (χ4v) is 2.73. The van der Waals surface area contributed by atoms with E-state index in [-0.39, 0.29) is 36.5 Å². The van der Waals surface area contributed by atoms with Gasteiger partial charge in [-0.15, -0.1) is 0 Å². The van der Waals surface area contributed by atoms with Crippen LogP contribution in [0.15, 0.2) is 24.3 Å². The van der Waals surface area contributed by atoms with Crippen molar-refractivity contribution in [1.82, 2.24) is 5.32 Å². The highest BCUT2D eigenvalue weighted by molar-refractivity contribution is 5.95. The van der Waals surface area contributed by atoms with E-state index < -0.39 is 0 Å². The second kappa shape index (κ2) is 9.05. The number of anilines is 1. The number of benzene rings is 1. The number of carbonyl (C=O) groups is 3. The summed E-state index contributed by atoms with van der Waals surface area (Å²) >= 11 is 0. The quantitative estimate of drug-likeness (QED) is 0.720. The van der Waals surface area contributed by atoms with Gasteiger partial charge in [0.15, 0.2) is 0 Å². The van der Waals surface area contributed by atoms with Crippen molar-refractivity contribution >= 4 is 23.5 Å². The number of nitrogens with one attached hydrogen (secondary N) is 1. The molecule has 0 aliphatic carbocycles. The molecule has 1 saturated heterocycles. The molecule has 1 N–H and O–H groups in total. The highest BCUT2D eigenvalue weighted by Crippen LogP contribution is 2.26. The van der Waals surface area contributed by atoms with Gasteiger partial charge in [0.2, 0.25) is 11.8 Å². The maximum absolute atomic E-state index is 12.2. The van der Waals surface area contributed by atoms with Crippen LogP contribution < -0.4 is 15.0 Å². The van der Waals surface area contributed by atoms with Crippen LogP contribution in [0.1, 0.15) is 26.2 Å². The summed E-state index contributed by atoms with van der Waals surface area (Å²) in [6.07, 6.45) is 0.563. The lowest BCUT2D eigenvalue weighted by atomic mass is 10.1. The highest BCUT2D eigenvalue weighted by atomic mass is 16.5. The molecular formula is C18H24N2O5. The molecule has 25 heavy (non-hydrogen) atoms. The van der Waals surface area contributed by atoms with E-state index in [4.69, 9.17) is 9.47 Å². The first-order valence-electron chi connectivity index (χ1n) is 8.40. The number of carbonyl (C=O) groups excluding carboxylic acids is 3. The topological polar surface area (TPSA) is 84.9 Å². The number of rotatable bonds is 8. The van der Waals surface area contributed by atoms with Crippen LogP contribution in [0.4, 0.5) is 5.69 Å². The van der Waals surface area contributed by atoms with Gasteiger partial charge < -0.3 is 19.7 Å². The van der Waals surface area contributed by atoms with Gasteiger partial charge in [0, 0.05) is 37.5 Å². The smallest absolute Gasteiger partial charge is 0.306 e. The van der Waals surface area contributed by atoms with Gasteiger partial charge in [-0.3, -0.25) is 14.4 Å². The van der Waals surface area contributed by atoms with E-state index in [9.17, 15) is 14.4 Å². The van der Waals surface area contributed by atoms with Crippen molar-refractivity contribution < 1.29 is 23.9 Å². The number of amides is 2. The summed E-state index contributed by atoms with van der Waals surface area (Å²) in [7, 11) is 1.59. The van der Waals surface area contributed by atoms with Crippen LogP contribution >= 0.6 is 0 Å². The Morgan fingerprint density at radius 3 is 2.60 bits per heavy atom. The molecule has 2 amide bonds. The van der Waals surface area contributed by atoms with E-state index in [1.54, 1.807) is 18.9 Å². The molecule has 7 nitrogen and oxygen atoms in total. The van der Waals surface area contributed by atoms with Crippen LogP contribution in [-0.4, -0.2) is 44.6 Å². The van der Waals surface area contributed by atoms with Crippen LogP contribution in [-0.2, 0) is 19.1 Å². The molecule has 1 aromatic carbocycles. The Hall–Kier alpha value is -2.57. The standard InChI is InChI=1S/C18H24N2O5/c1-3-25-18(23)9-8-16(21)19-11-13-10-17(22)20(12-13)14-4-6-15(24-2)7-5-14/h4-7,13H,3,8-12H2,1-2H3,(H,19,21). The van der Waals surface area contributed by atoms with Gasteiger partial charge in [0.25, 0.3) is 0 Å². The molecule has 136 valence electrons. The lowest BCUT2D eigenvalue weighted by Crippen LogP contribution is -2.31. The molecule has 0 radical (unpaired) electrons. The molecular weight excluding hydrogens is 324 g/mol. The van der Waals surface area contributed by atoms with Crippen LogP contribution in [0.3, 0.4) is 0 Å². The van der Waals surface area contributed by atoms with Crippen molar-refractivity contribution in [3.05, 3.63) is 24.3 Å². The molecule has 0 saturated carbocycles. The molecule has 0 aromatic heterocycles. The van der Waals surface area contributed by atoms with Crippen molar-refractivity contribution in [2.75, 3.05) is 31.7 Å². The SMILES string of the molecule is CCOC(=O)CCC(=O)NCC1CC(=O)N(c2ccc(OC)cc2)C1. The Balaban J connectivity index is 1.78. The van der Waals surface area contributed by atoms with Crippen LogP contribution in [0.2, 0.25) is 0 Å². The van der Waals surface area contributed by atoms with Crippen LogP contribution in [0.5, 0.6) is 5.75 Å². The van der Waals surface area contributed by atoms with Crippen LogP contribution in [0.25, 0.3) is 0 Å². The first-order valence-corrected chi connectivity index (χ1v) is 8.40. The molecule has 1 atom stereocenters. The fraction of sp³-hybridized carbons (Fsp3) is 0.500. The number of ether oxygens (including phenoxy) is 2. The number of esters is 1. The monoisotopic (exact) mass is 348 g/mol. The minimum absolute atomic E-state index is 0.0379. The number of hydrogen-bond acceptors (Lipinski definition) is 5. The molecule has 1 aliphatic rings. The Morgan fingerprint density at radius 1 is 1.24 bits per heavy atom. The van der Waals surface area contributed by atoms with Crippen molar-refractivity contribution in [3.63, 3.8) is 0 Å². The van der Waals surface area contributed by atoms with E-state index >= 15 is 0 Å². The van der Waals surface area contributed by atoms with Crippen molar-refractivity contribution in [2.24, 2.45) is 5.92 Å². The minimum Gasteiger partial charge on any atom is -0.497 e. The molecule has 1 aromatic rings. The minimum atomic E-state index is -0.376. The van der Waals surface area contributed by atoms with E-state index in [1.807, 2.05) is 24.3 Å². The van der Waals surface area contributed by atoms with Gasteiger partial charge >= 0.3 is 5.97 Å². The van der Waals surface area contributed by atoms with Gasteiger partial charge in [-0.1, -0.05) is 0 Å². The third-order valence-electron chi connectivity index (χ3n) is 4.04. The molecule has 0 spiro atoms. The highest BCUT2D eigenvalue weighted by Gasteiger charge is 2.30. The van der Waals surface area contributed by atoms with Gasteiger partial charge in [0.05, 0.1) is 20.1 Å². The largest absolute Gasteiger partial charge is 0.497 e. The summed E-state index contributed by atoms with van der Waals surface area (Å²) in [4.78, 5) is 36.9. The molecule has 7 heteroatoms. The van der Waals surface area contributed by atoms with Crippen LogP contribution in [0, 0.1) is 5.92 Å². The third kappa shape index (κ3) is 5.48. The predicted octanol–water partition coefficient (Wildman–Crippen LogP) is 1.51. The van der Waals surface area contributed by atoms with Gasteiger partial charge in [-0.25, -0.2) is 0 Å². The second-order valence-electron chi connectivity index (χ2n) is 5.88. The predicted molar refractivity (Wildman–Crippen MR) is 92.3 cm³/mol. The number of nitrogens with zero attached hydrogens (tertiary/aromatic N) is 1. The van der Waals surface area contributed by atoms with E-state index in [1.165, 1.54) is 0 Å². The maximum atomic E-state index is 12.2. The Kier molecular flexibility index (Phi) is 6.80. The average molecular weight is 348 g/mol. The van der Waals surface area contributed by atoms with Crippen molar-refractivity contribution in [3.8, 4) is 5.75 Å². The Morgan fingerprint density at radius 2 is 1.96 bits per heavy atom. The Labute approximate surface area is 147 Å².